The maximum absolute atomic E-state index is 10.4. The highest BCUT2D eigenvalue weighted by Gasteiger charge is 1.90. The summed E-state index contributed by atoms with van der Waals surface area (Å²) in [5, 5.41) is 8.78. The third-order valence-corrected chi connectivity index (χ3v) is 1.11. The number of nitrogens with zero attached hydrogens (tertiary/aromatic N) is 1. The molecule has 0 aromatic heterocycles. The Bertz CT molecular complexity index is 168. The second kappa shape index (κ2) is 6.33. The monoisotopic (exact) mass is 173 g/mol. The number of carbonyl (C=O) groups is 1. The van der Waals surface area contributed by atoms with Gasteiger partial charge < -0.3 is 9.63 Å². The molecule has 0 N–H and O–H groups in total. The Kier molecular flexibility index (Phi) is 5.60. The molecule has 0 saturated heterocycles. The van der Waals surface area contributed by atoms with Crippen molar-refractivity contribution in [2.75, 3.05) is 6.61 Å². The van der Waals surface area contributed by atoms with Crippen LogP contribution in [-0.2, 0) is 9.63 Å². The molecule has 0 heterocycles. The molecule has 0 amide bonds. The number of Topliss-reactive ketones (excluding diaryl/α,β-unsaturated/α-hetero) is 1. The first-order valence-electron chi connectivity index (χ1n) is 3.54. The van der Waals surface area contributed by atoms with E-state index in [-0.39, 0.29) is 12.4 Å². The lowest BCUT2D eigenvalue weighted by Crippen LogP contribution is -1.99. The fraction of sp³-hybridized carbons (Fsp3) is 0.571. The van der Waals surface area contributed by atoms with Crippen LogP contribution < -0.4 is 0 Å². The quantitative estimate of drug-likeness (QED) is 0.343. The van der Waals surface area contributed by atoms with Gasteiger partial charge in [-0.1, -0.05) is 12.2 Å². The van der Waals surface area contributed by atoms with Gasteiger partial charge in [0.25, 0.3) is 5.09 Å². The van der Waals surface area contributed by atoms with Gasteiger partial charge in [-0.3, -0.25) is 0 Å². The predicted octanol–water partition coefficient (Wildman–Crippen LogP) is 1.12. The van der Waals surface area contributed by atoms with E-state index in [0.29, 0.717) is 12.8 Å². The van der Waals surface area contributed by atoms with E-state index < -0.39 is 5.09 Å². The molecule has 0 fully saturated rings. The van der Waals surface area contributed by atoms with Crippen LogP contribution >= 0.6 is 0 Å². The zero-order valence-corrected chi connectivity index (χ0v) is 6.86. The van der Waals surface area contributed by atoms with Gasteiger partial charge in [-0.15, -0.1) is 10.1 Å². The average molecular weight is 173 g/mol. The van der Waals surface area contributed by atoms with Gasteiger partial charge in [0.2, 0.25) is 0 Å². The topological polar surface area (TPSA) is 69.4 Å². The van der Waals surface area contributed by atoms with Crippen LogP contribution in [0.1, 0.15) is 19.8 Å². The fourth-order valence-corrected chi connectivity index (χ4v) is 0.576. The lowest BCUT2D eigenvalue weighted by Gasteiger charge is -1.90. The average Bonchev–Trinajstić information content (AvgIpc) is 1.95. The van der Waals surface area contributed by atoms with Gasteiger partial charge >= 0.3 is 0 Å². The first-order valence-corrected chi connectivity index (χ1v) is 3.54. The van der Waals surface area contributed by atoms with Crippen LogP contribution in [0.4, 0.5) is 0 Å². The molecule has 0 atom stereocenters. The van der Waals surface area contributed by atoms with E-state index in [1.165, 1.54) is 13.0 Å². The third-order valence-electron chi connectivity index (χ3n) is 1.11. The number of hydrogen-bond acceptors (Lipinski definition) is 4. The first-order chi connectivity index (χ1) is 5.63. The number of hydrogen-bond donors (Lipinski definition) is 0. The van der Waals surface area contributed by atoms with Crippen LogP contribution in [0.25, 0.3) is 0 Å². The molecule has 0 aliphatic rings. The summed E-state index contributed by atoms with van der Waals surface area (Å²) in [5.41, 5.74) is 0. The van der Waals surface area contributed by atoms with Crippen molar-refractivity contribution in [3.05, 3.63) is 22.3 Å². The van der Waals surface area contributed by atoms with E-state index in [0.717, 1.165) is 0 Å². The largest absolute Gasteiger partial charge is 0.310 e. The van der Waals surface area contributed by atoms with E-state index in [9.17, 15) is 14.9 Å². The molecule has 0 radical (unpaired) electrons. The zero-order valence-electron chi connectivity index (χ0n) is 6.86. The van der Waals surface area contributed by atoms with Crippen molar-refractivity contribution in [2.24, 2.45) is 0 Å². The molecule has 0 aliphatic heterocycles. The Morgan fingerprint density at radius 1 is 1.58 bits per heavy atom. The molecule has 0 unspecified atom stereocenters. The predicted molar refractivity (Wildman–Crippen MR) is 42.0 cm³/mol. The molecule has 0 spiro atoms. The van der Waals surface area contributed by atoms with E-state index in [1.54, 1.807) is 6.08 Å². The van der Waals surface area contributed by atoms with Crippen LogP contribution in [-0.4, -0.2) is 17.5 Å². The molecule has 5 heteroatoms. The highest BCUT2D eigenvalue weighted by Crippen LogP contribution is 1.91. The minimum Gasteiger partial charge on any atom is -0.310 e. The molecule has 0 aromatic carbocycles. The summed E-state index contributed by atoms with van der Waals surface area (Å²) in [6.45, 7) is 1.45. The van der Waals surface area contributed by atoms with Gasteiger partial charge in [0.05, 0.1) is 0 Å². The molecule has 0 aromatic rings. The summed E-state index contributed by atoms with van der Waals surface area (Å²) in [5.74, 6) is 0.106. The SMILES string of the molecule is CC(=O)CC/C=C/CO[N+](=O)[O-]. The minimum absolute atomic E-state index is 0.0507. The molecule has 5 nitrogen and oxygen atoms in total. The van der Waals surface area contributed by atoms with Gasteiger partial charge in [0, 0.05) is 6.42 Å². The standard InChI is InChI=1S/C7H11NO4/c1-7(9)5-3-2-4-6-12-8(10)11/h2,4H,3,5-6H2,1H3/b4-2+. The highest BCUT2D eigenvalue weighted by atomic mass is 16.9. The van der Waals surface area contributed by atoms with Gasteiger partial charge in [-0.2, -0.15) is 0 Å². The van der Waals surface area contributed by atoms with E-state index in [2.05, 4.69) is 4.84 Å². The second-order valence-corrected chi connectivity index (χ2v) is 2.23. The third kappa shape index (κ3) is 8.61. The number of ketones is 1. The molecule has 0 bridgehead atoms. The van der Waals surface area contributed by atoms with Crippen molar-refractivity contribution in [1.29, 1.82) is 0 Å². The normalized spacial score (nSPS) is 10.1. The van der Waals surface area contributed by atoms with Crippen molar-refractivity contribution in [3.8, 4) is 0 Å². The summed E-state index contributed by atoms with van der Waals surface area (Å²) in [6.07, 6.45) is 4.28. The van der Waals surface area contributed by atoms with Crippen molar-refractivity contribution < 1.29 is 14.7 Å². The van der Waals surface area contributed by atoms with Crippen molar-refractivity contribution in [1.82, 2.24) is 0 Å². The number of carbonyl (C=O) groups excluding carboxylic acids is 1. The molecular formula is C7H11NO4. The van der Waals surface area contributed by atoms with E-state index >= 15 is 0 Å². The van der Waals surface area contributed by atoms with Gasteiger partial charge in [-0.05, 0) is 13.3 Å². The maximum atomic E-state index is 10.4. The maximum Gasteiger partial charge on any atom is 0.294 e. The van der Waals surface area contributed by atoms with Crippen LogP contribution in [0.3, 0.4) is 0 Å². The number of allylic oxidation sites excluding steroid dienone is 1. The summed E-state index contributed by atoms with van der Waals surface area (Å²) in [6, 6.07) is 0. The molecule has 0 saturated carbocycles. The van der Waals surface area contributed by atoms with Crippen LogP contribution in [0.15, 0.2) is 12.2 Å². The Labute approximate surface area is 70.1 Å². The Balaban J connectivity index is 3.26. The van der Waals surface area contributed by atoms with Crippen molar-refractivity contribution in [3.63, 3.8) is 0 Å². The molecule has 0 aliphatic carbocycles. The van der Waals surface area contributed by atoms with Crippen LogP contribution in [0, 0.1) is 10.1 Å². The molecular weight excluding hydrogens is 162 g/mol. The summed E-state index contributed by atoms with van der Waals surface area (Å²) in [7, 11) is 0. The molecule has 12 heavy (non-hydrogen) atoms. The summed E-state index contributed by atoms with van der Waals surface area (Å²) >= 11 is 0. The Hall–Kier alpha value is -1.39. The Morgan fingerprint density at radius 3 is 2.75 bits per heavy atom. The van der Waals surface area contributed by atoms with Gasteiger partial charge in [-0.25, -0.2) is 0 Å². The smallest absolute Gasteiger partial charge is 0.294 e. The first kappa shape index (κ1) is 10.6. The minimum atomic E-state index is -0.852. The molecule has 0 rings (SSSR count). The van der Waals surface area contributed by atoms with E-state index in [4.69, 9.17) is 0 Å². The van der Waals surface area contributed by atoms with E-state index in [1.807, 2.05) is 0 Å². The fourth-order valence-electron chi connectivity index (χ4n) is 0.576. The van der Waals surface area contributed by atoms with Gasteiger partial charge in [0.15, 0.2) is 0 Å². The summed E-state index contributed by atoms with van der Waals surface area (Å²) in [4.78, 5) is 24.0. The van der Waals surface area contributed by atoms with Crippen molar-refractivity contribution in [2.45, 2.75) is 19.8 Å². The second-order valence-electron chi connectivity index (χ2n) is 2.23. The van der Waals surface area contributed by atoms with Crippen molar-refractivity contribution >= 4 is 5.78 Å². The van der Waals surface area contributed by atoms with Crippen LogP contribution in [0.2, 0.25) is 0 Å². The number of rotatable bonds is 6. The summed E-state index contributed by atoms with van der Waals surface area (Å²) < 4.78 is 0. The highest BCUT2D eigenvalue weighted by molar-refractivity contribution is 5.75. The lowest BCUT2D eigenvalue weighted by molar-refractivity contribution is -0.755. The van der Waals surface area contributed by atoms with Crippen LogP contribution in [0.5, 0.6) is 0 Å². The zero-order chi connectivity index (χ0) is 9.40. The van der Waals surface area contributed by atoms with Gasteiger partial charge in [0.1, 0.15) is 12.4 Å². The Morgan fingerprint density at radius 2 is 2.25 bits per heavy atom. The lowest BCUT2D eigenvalue weighted by atomic mass is 10.2. The molecule has 68 valence electrons.